The highest BCUT2D eigenvalue weighted by Gasteiger charge is 2.37. The fourth-order valence-electron chi connectivity index (χ4n) is 15.9. The van der Waals surface area contributed by atoms with Crippen molar-refractivity contribution in [2.75, 3.05) is 0 Å². The van der Waals surface area contributed by atoms with Crippen LogP contribution in [-0.2, 0) is 0 Å². The summed E-state index contributed by atoms with van der Waals surface area (Å²) in [6, 6.07) is 128. The molecule has 0 aliphatic heterocycles. The Labute approximate surface area is 587 Å². The Morgan fingerprint density at radius 2 is 0.441 bits per heavy atom. The van der Waals surface area contributed by atoms with Gasteiger partial charge in [-0.15, -0.1) is 0 Å². The molecule has 0 radical (unpaired) electrons. The first-order chi connectivity index (χ1) is 50.6. The molecule has 102 heavy (non-hydrogen) atoms. The van der Waals surface area contributed by atoms with Gasteiger partial charge in [-0.2, -0.15) is 5.26 Å². The molecule has 0 aliphatic carbocycles. The second kappa shape index (κ2) is 23.6. The lowest BCUT2D eigenvalue weighted by Crippen LogP contribution is -2.17. The van der Waals surface area contributed by atoms with E-state index in [1.165, 1.54) is 0 Å². The zero-order valence-electron chi connectivity index (χ0n) is 55.1. The van der Waals surface area contributed by atoms with Crippen molar-refractivity contribution in [2.24, 2.45) is 0 Å². The van der Waals surface area contributed by atoms with Crippen molar-refractivity contribution in [1.82, 2.24) is 33.2 Å². The minimum Gasteiger partial charge on any atom is -0.307 e. The largest absolute Gasteiger partial charge is 0.307 e. The number of nitrogens with zero attached hydrogens (tertiary/aromatic N) is 8. The Balaban J connectivity index is 1.09. The van der Waals surface area contributed by atoms with Gasteiger partial charge in [-0.3, -0.25) is 0 Å². The summed E-state index contributed by atoms with van der Waals surface area (Å²) in [5.41, 5.74) is 21.5. The molecular weight excluding hydrogens is 1240 g/mol. The molecule has 0 bridgehead atoms. The Hall–Kier alpha value is -14.0. The SMILES string of the molecule is N#Cc1c(-n2c3ccccc3c3ccccc32)c(-c2nc(-c3ccccc3)nc(-c3ccccc3)n2)c(-n2c3ccc(-c4ccccc4)cc3c3cc(-c4ccccc4)ccc32)c(-n2c3ccccc3c3ccccc32)c1-n1c2ccc(-c3ccccc3)cc2c2cc(-c3ccccc3)ccc21. The molecule has 20 aromatic rings. The molecule has 0 saturated carbocycles. The summed E-state index contributed by atoms with van der Waals surface area (Å²) >= 11 is 0. The normalized spacial score (nSPS) is 11.7. The van der Waals surface area contributed by atoms with Crippen molar-refractivity contribution in [3.05, 3.63) is 357 Å². The van der Waals surface area contributed by atoms with Gasteiger partial charge < -0.3 is 18.3 Å². The van der Waals surface area contributed by atoms with Crippen molar-refractivity contribution in [2.45, 2.75) is 0 Å². The van der Waals surface area contributed by atoms with Crippen LogP contribution < -0.4 is 0 Å². The quantitative estimate of drug-likeness (QED) is 0.129. The summed E-state index contributed by atoms with van der Waals surface area (Å²) in [6.45, 7) is 0. The van der Waals surface area contributed by atoms with E-state index in [1.54, 1.807) is 0 Å². The van der Waals surface area contributed by atoms with Gasteiger partial charge in [0.15, 0.2) is 17.5 Å². The maximum atomic E-state index is 13.6. The third-order valence-electron chi connectivity index (χ3n) is 20.4. The molecule has 20 rings (SSSR count). The number of rotatable bonds is 11. The van der Waals surface area contributed by atoms with E-state index in [2.05, 4.69) is 340 Å². The Morgan fingerprint density at radius 3 is 0.755 bits per heavy atom. The van der Waals surface area contributed by atoms with Crippen LogP contribution in [0, 0.1) is 11.3 Å². The molecule has 0 saturated heterocycles. The standard InChI is InChI=1S/C94H58N8/c95-59-78-88(99-79-43-23-19-39-70(79)71-40-20-24-44-80(71)99)87(94-97-92(64-35-15-5-16-36-64)96-93(98-94)65-37-17-6-18-38-65)90(101-85-53-49-68(62-31-11-3-12-32-62)57-76(85)77-58-69(50-54-86(77)101)63-33-13-4-14-34-63)91(102-81-45-25-21-41-72(81)73-42-22-26-46-82(73)102)89(78)100-83-51-47-66(60-27-7-1-8-28-60)55-74(83)75-56-67(48-52-84(75)100)61-29-9-2-10-30-61/h1-58H. The lowest BCUT2D eigenvalue weighted by Gasteiger charge is -2.29. The maximum absolute atomic E-state index is 13.6. The third kappa shape index (κ3) is 9.19. The predicted molar refractivity (Wildman–Crippen MR) is 420 cm³/mol. The van der Waals surface area contributed by atoms with Gasteiger partial charge in [0, 0.05) is 54.2 Å². The Morgan fingerprint density at radius 1 is 0.196 bits per heavy atom. The molecule has 0 atom stereocenters. The van der Waals surface area contributed by atoms with Crippen LogP contribution in [0.25, 0.3) is 189 Å². The molecular formula is C94H58N8. The minimum atomic E-state index is 0.374. The van der Waals surface area contributed by atoms with Gasteiger partial charge in [-0.1, -0.05) is 279 Å². The zero-order valence-corrected chi connectivity index (χ0v) is 55.1. The lowest BCUT2D eigenvalue weighted by molar-refractivity contribution is 1.01. The minimum absolute atomic E-state index is 0.374. The average molecular weight is 1300 g/mol. The molecule has 474 valence electrons. The molecule has 8 heteroatoms. The van der Waals surface area contributed by atoms with Gasteiger partial charge in [0.1, 0.15) is 11.6 Å². The Bertz CT molecular complexity index is 6420. The molecule has 5 heterocycles. The van der Waals surface area contributed by atoms with Crippen molar-refractivity contribution >= 4 is 87.2 Å². The first-order valence-electron chi connectivity index (χ1n) is 34.5. The second-order valence-electron chi connectivity index (χ2n) is 26.1. The lowest BCUT2D eigenvalue weighted by atomic mass is 9.96. The van der Waals surface area contributed by atoms with Crippen molar-refractivity contribution < 1.29 is 0 Å². The van der Waals surface area contributed by atoms with E-state index in [9.17, 15) is 5.26 Å². The van der Waals surface area contributed by atoms with Crippen LogP contribution in [0.3, 0.4) is 0 Å². The fourth-order valence-corrected chi connectivity index (χ4v) is 15.9. The topological polar surface area (TPSA) is 82.2 Å². The van der Waals surface area contributed by atoms with Gasteiger partial charge >= 0.3 is 0 Å². The summed E-state index contributed by atoms with van der Waals surface area (Å²) in [5, 5.41) is 21.9. The van der Waals surface area contributed by atoms with Gasteiger partial charge in [-0.25, -0.2) is 15.0 Å². The molecule has 8 nitrogen and oxygen atoms in total. The van der Waals surface area contributed by atoms with Crippen LogP contribution in [-0.4, -0.2) is 33.2 Å². The third-order valence-corrected chi connectivity index (χ3v) is 20.4. The second-order valence-corrected chi connectivity index (χ2v) is 26.1. The van der Waals surface area contributed by atoms with Crippen molar-refractivity contribution in [3.8, 4) is 107 Å². The smallest absolute Gasteiger partial charge is 0.168 e. The van der Waals surface area contributed by atoms with E-state index in [1.807, 2.05) is 36.4 Å². The average Bonchev–Trinajstić information content (AvgIpc) is 1.47. The summed E-state index contributed by atoms with van der Waals surface area (Å²) in [6.07, 6.45) is 0. The van der Waals surface area contributed by atoms with E-state index in [-0.39, 0.29) is 0 Å². The van der Waals surface area contributed by atoms with E-state index >= 15 is 0 Å². The monoisotopic (exact) mass is 1300 g/mol. The van der Waals surface area contributed by atoms with Crippen LogP contribution in [0.2, 0.25) is 0 Å². The molecule has 0 spiro atoms. The number of aromatic nitrogens is 7. The molecule has 0 aliphatic rings. The first kappa shape index (κ1) is 58.2. The molecule has 0 fully saturated rings. The number of fused-ring (bicyclic) bond motifs is 12. The number of hydrogen-bond acceptors (Lipinski definition) is 4. The van der Waals surface area contributed by atoms with Gasteiger partial charge in [-0.05, 0) is 117 Å². The van der Waals surface area contributed by atoms with Gasteiger partial charge in [0.25, 0.3) is 0 Å². The van der Waals surface area contributed by atoms with E-state index < -0.39 is 0 Å². The molecule has 0 amide bonds. The van der Waals surface area contributed by atoms with Crippen LogP contribution in [0.15, 0.2) is 352 Å². The van der Waals surface area contributed by atoms with Crippen molar-refractivity contribution in [3.63, 3.8) is 0 Å². The number of para-hydroxylation sites is 4. The van der Waals surface area contributed by atoms with Gasteiger partial charge in [0.2, 0.25) is 0 Å². The van der Waals surface area contributed by atoms with Crippen LogP contribution in [0.5, 0.6) is 0 Å². The summed E-state index contributed by atoms with van der Waals surface area (Å²) < 4.78 is 9.66. The highest BCUT2D eigenvalue weighted by molar-refractivity contribution is 6.18. The highest BCUT2D eigenvalue weighted by atomic mass is 15.1. The van der Waals surface area contributed by atoms with Crippen LogP contribution in [0.4, 0.5) is 0 Å². The Kier molecular flexibility index (Phi) is 13.5. The van der Waals surface area contributed by atoms with Crippen LogP contribution in [0.1, 0.15) is 5.56 Å². The first-order valence-corrected chi connectivity index (χ1v) is 34.5. The molecule has 0 N–H and O–H groups in total. The summed E-state index contributed by atoms with van der Waals surface area (Å²) in [4.78, 5) is 17.2. The maximum Gasteiger partial charge on any atom is 0.168 e. The zero-order chi connectivity index (χ0) is 67.4. The highest BCUT2D eigenvalue weighted by Crippen LogP contribution is 2.53. The molecule has 15 aromatic carbocycles. The van der Waals surface area contributed by atoms with Gasteiger partial charge in [0.05, 0.1) is 72.4 Å². The number of hydrogen-bond donors (Lipinski definition) is 0. The molecule has 5 aromatic heterocycles. The van der Waals surface area contributed by atoms with Crippen LogP contribution >= 0.6 is 0 Å². The van der Waals surface area contributed by atoms with E-state index in [4.69, 9.17) is 15.0 Å². The van der Waals surface area contributed by atoms with E-state index in [0.717, 1.165) is 154 Å². The van der Waals surface area contributed by atoms with E-state index in [0.29, 0.717) is 40.0 Å². The summed E-state index contributed by atoms with van der Waals surface area (Å²) in [7, 11) is 0. The fraction of sp³-hybridized carbons (Fsp3) is 0. The number of benzene rings is 15. The predicted octanol–water partition coefficient (Wildman–Crippen LogP) is 23.8. The number of nitriles is 1. The molecule has 0 unspecified atom stereocenters. The van der Waals surface area contributed by atoms with Crippen molar-refractivity contribution in [1.29, 1.82) is 5.26 Å². The summed E-state index contributed by atoms with van der Waals surface area (Å²) in [5.74, 6) is 1.33.